The van der Waals surface area contributed by atoms with Crippen LogP contribution in [0.2, 0.25) is 0 Å². The Kier molecular flexibility index (Phi) is 6.21. The van der Waals surface area contributed by atoms with Crippen molar-refractivity contribution in [1.82, 2.24) is 14.8 Å². The van der Waals surface area contributed by atoms with Crippen molar-refractivity contribution >= 4 is 11.8 Å². The minimum absolute atomic E-state index is 0.00644. The monoisotopic (exact) mass is 409 g/mol. The largest absolute Gasteiger partial charge is 0.445 e. The van der Waals surface area contributed by atoms with Crippen LogP contribution in [0.3, 0.4) is 0 Å². The molecule has 6 nitrogen and oxygen atoms in total. The molecule has 2 fully saturated rings. The molecule has 2 saturated heterocycles. The first-order valence-corrected chi connectivity index (χ1v) is 11.1. The van der Waals surface area contributed by atoms with Crippen LogP contribution in [0, 0.1) is 13.8 Å². The number of amides is 2. The number of carbonyl (C=O) groups is 2. The summed E-state index contributed by atoms with van der Waals surface area (Å²) in [5.74, 6) is 1.59. The lowest BCUT2D eigenvalue weighted by Gasteiger charge is -2.31. The van der Waals surface area contributed by atoms with Crippen LogP contribution in [0.25, 0.3) is 0 Å². The summed E-state index contributed by atoms with van der Waals surface area (Å²) in [5.41, 5.74) is 2.71. The summed E-state index contributed by atoms with van der Waals surface area (Å²) in [6.07, 6.45) is 5.39. The predicted octanol–water partition coefficient (Wildman–Crippen LogP) is 3.87. The average molecular weight is 410 g/mol. The molecule has 1 aromatic heterocycles. The van der Waals surface area contributed by atoms with Crippen molar-refractivity contribution in [3.05, 3.63) is 52.7 Å². The summed E-state index contributed by atoms with van der Waals surface area (Å²) in [5, 5.41) is 0. The van der Waals surface area contributed by atoms with Crippen LogP contribution in [0.5, 0.6) is 0 Å². The van der Waals surface area contributed by atoms with Crippen molar-refractivity contribution in [3.8, 4) is 0 Å². The van der Waals surface area contributed by atoms with Gasteiger partial charge in [0.15, 0.2) is 11.6 Å². The van der Waals surface area contributed by atoms with Gasteiger partial charge in [0.2, 0.25) is 5.91 Å². The molecule has 0 aliphatic carbocycles. The SMILES string of the molecule is Cc1ccccc1CC(=O)N1CCC(c2nc(C(=O)N3CCCCC3)c(C)o2)CC1. The molecule has 3 heterocycles. The summed E-state index contributed by atoms with van der Waals surface area (Å²) in [6, 6.07) is 8.05. The number of rotatable bonds is 4. The van der Waals surface area contributed by atoms with Crippen molar-refractivity contribution in [2.24, 2.45) is 0 Å². The summed E-state index contributed by atoms with van der Waals surface area (Å²) in [7, 11) is 0. The van der Waals surface area contributed by atoms with Crippen molar-refractivity contribution in [2.75, 3.05) is 26.2 Å². The van der Waals surface area contributed by atoms with Crippen LogP contribution in [0.1, 0.15) is 71.3 Å². The summed E-state index contributed by atoms with van der Waals surface area (Å²) in [4.78, 5) is 34.0. The predicted molar refractivity (Wildman–Crippen MR) is 114 cm³/mol. The molecule has 0 N–H and O–H groups in total. The molecule has 2 aliphatic heterocycles. The quantitative estimate of drug-likeness (QED) is 0.769. The maximum Gasteiger partial charge on any atom is 0.276 e. The maximum absolute atomic E-state index is 12.8. The van der Waals surface area contributed by atoms with E-state index in [1.807, 2.05) is 47.9 Å². The first-order valence-electron chi connectivity index (χ1n) is 11.1. The summed E-state index contributed by atoms with van der Waals surface area (Å²) < 4.78 is 5.91. The molecule has 30 heavy (non-hydrogen) atoms. The normalized spacial score (nSPS) is 17.9. The third-order valence-electron chi connectivity index (χ3n) is 6.46. The van der Waals surface area contributed by atoms with Crippen LogP contribution >= 0.6 is 0 Å². The first-order chi connectivity index (χ1) is 14.5. The lowest BCUT2D eigenvalue weighted by atomic mass is 9.96. The van der Waals surface area contributed by atoms with E-state index in [1.54, 1.807) is 0 Å². The molecule has 0 saturated carbocycles. The molecule has 0 atom stereocenters. The average Bonchev–Trinajstić information content (AvgIpc) is 3.17. The van der Waals surface area contributed by atoms with Gasteiger partial charge in [0, 0.05) is 32.1 Å². The van der Waals surface area contributed by atoms with Crippen LogP contribution < -0.4 is 0 Å². The van der Waals surface area contributed by atoms with E-state index in [1.165, 1.54) is 6.42 Å². The molecule has 6 heteroatoms. The summed E-state index contributed by atoms with van der Waals surface area (Å²) >= 11 is 0. The highest BCUT2D eigenvalue weighted by atomic mass is 16.4. The fraction of sp³-hybridized carbons (Fsp3) is 0.542. The van der Waals surface area contributed by atoms with E-state index in [0.717, 1.165) is 49.9 Å². The number of aryl methyl sites for hydroxylation is 2. The van der Waals surface area contributed by atoms with Crippen LogP contribution in [-0.2, 0) is 11.2 Å². The standard InChI is InChI=1S/C24H31N3O3/c1-17-8-4-5-9-20(17)16-21(28)26-14-10-19(11-15-26)23-25-22(18(2)30-23)24(29)27-12-6-3-7-13-27/h4-5,8-9,19H,3,6-7,10-16H2,1-2H3. The zero-order valence-corrected chi connectivity index (χ0v) is 18.0. The van der Waals surface area contributed by atoms with Crippen molar-refractivity contribution in [1.29, 1.82) is 0 Å². The smallest absolute Gasteiger partial charge is 0.276 e. The van der Waals surface area contributed by atoms with Gasteiger partial charge in [-0.05, 0) is 57.1 Å². The lowest BCUT2D eigenvalue weighted by Crippen LogP contribution is -2.39. The Hall–Kier alpha value is -2.63. The Morgan fingerprint density at radius 1 is 1.00 bits per heavy atom. The molecule has 2 amide bonds. The van der Waals surface area contributed by atoms with E-state index in [2.05, 4.69) is 4.98 Å². The number of aromatic nitrogens is 1. The Balaban J connectivity index is 1.35. The molecule has 160 valence electrons. The third kappa shape index (κ3) is 4.42. The molecule has 1 aromatic carbocycles. The van der Waals surface area contributed by atoms with Gasteiger partial charge in [-0.2, -0.15) is 0 Å². The number of nitrogens with zero attached hydrogens (tertiary/aromatic N) is 3. The van der Waals surface area contributed by atoms with E-state index < -0.39 is 0 Å². The molecule has 0 radical (unpaired) electrons. The van der Waals surface area contributed by atoms with Crippen LogP contribution in [-0.4, -0.2) is 52.8 Å². The van der Waals surface area contributed by atoms with Gasteiger partial charge in [-0.15, -0.1) is 0 Å². The van der Waals surface area contributed by atoms with E-state index in [9.17, 15) is 9.59 Å². The Morgan fingerprint density at radius 2 is 1.70 bits per heavy atom. The van der Waals surface area contributed by atoms with E-state index >= 15 is 0 Å². The molecule has 2 aliphatic rings. The van der Waals surface area contributed by atoms with Crippen LogP contribution in [0.15, 0.2) is 28.7 Å². The number of hydrogen-bond acceptors (Lipinski definition) is 4. The number of hydrogen-bond donors (Lipinski definition) is 0. The highest BCUT2D eigenvalue weighted by molar-refractivity contribution is 5.93. The van der Waals surface area contributed by atoms with E-state index in [-0.39, 0.29) is 17.7 Å². The van der Waals surface area contributed by atoms with Gasteiger partial charge in [0.1, 0.15) is 5.76 Å². The zero-order chi connectivity index (χ0) is 21.1. The third-order valence-corrected chi connectivity index (χ3v) is 6.46. The highest BCUT2D eigenvalue weighted by Gasteiger charge is 2.30. The molecule has 0 bridgehead atoms. The fourth-order valence-electron chi connectivity index (χ4n) is 4.50. The van der Waals surface area contributed by atoms with Crippen molar-refractivity contribution in [2.45, 2.75) is 58.3 Å². The molecule has 0 unspecified atom stereocenters. The minimum atomic E-state index is -0.00644. The maximum atomic E-state index is 12.8. The van der Waals surface area contributed by atoms with Gasteiger partial charge < -0.3 is 14.2 Å². The van der Waals surface area contributed by atoms with Gasteiger partial charge in [-0.1, -0.05) is 24.3 Å². The van der Waals surface area contributed by atoms with Crippen LogP contribution in [0.4, 0.5) is 0 Å². The molecular formula is C24H31N3O3. The number of carbonyl (C=O) groups excluding carboxylic acids is 2. The molecule has 2 aromatic rings. The number of benzene rings is 1. The Labute approximate surface area is 178 Å². The number of oxazole rings is 1. The highest BCUT2D eigenvalue weighted by Crippen LogP contribution is 2.30. The molecular weight excluding hydrogens is 378 g/mol. The van der Waals surface area contributed by atoms with Crippen molar-refractivity contribution in [3.63, 3.8) is 0 Å². The Bertz CT molecular complexity index is 906. The van der Waals surface area contributed by atoms with E-state index in [4.69, 9.17) is 4.42 Å². The molecule has 0 spiro atoms. The lowest BCUT2D eigenvalue weighted by molar-refractivity contribution is -0.131. The zero-order valence-electron chi connectivity index (χ0n) is 18.0. The fourth-order valence-corrected chi connectivity index (χ4v) is 4.50. The van der Waals surface area contributed by atoms with E-state index in [0.29, 0.717) is 36.9 Å². The van der Waals surface area contributed by atoms with Gasteiger partial charge in [-0.3, -0.25) is 9.59 Å². The van der Waals surface area contributed by atoms with Gasteiger partial charge >= 0.3 is 0 Å². The number of piperidine rings is 2. The molecule has 4 rings (SSSR count). The topological polar surface area (TPSA) is 66.7 Å². The number of likely N-dealkylation sites (tertiary alicyclic amines) is 2. The first kappa shape index (κ1) is 20.6. The van der Waals surface area contributed by atoms with Crippen molar-refractivity contribution < 1.29 is 14.0 Å². The van der Waals surface area contributed by atoms with Gasteiger partial charge in [-0.25, -0.2) is 4.98 Å². The second kappa shape index (κ2) is 9.02. The minimum Gasteiger partial charge on any atom is -0.445 e. The van der Waals surface area contributed by atoms with Gasteiger partial charge in [0.05, 0.1) is 6.42 Å². The second-order valence-electron chi connectivity index (χ2n) is 8.57. The summed E-state index contributed by atoms with van der Waals surface area (Å²) in [6.45, 7) is 6.89. The second-order valence-corrected chi connectivity index (χ2v) is 8.57. The van der Waals surface area contributed by atoms with Gasteiger partial charge in [0.25, 0.3) is 5.91 Å². The Morgan fingerprint density at radius 3 is 2.40 bits per heavy atom.